The van der Waals surface area contributed by atoms with E-state index in [1.165, 1.54) is 25.3 Å². The minimum atomic E-state index is -4.50. The summed E-state index contributed by atoms with van der Waals surface area (Å²) in [6.07, 6.45) is -3.12. The minimum absolute atomic E-state index is 0.237. The maximum atomic E-state index is 13.9. The third-order valence-electron chi connectivity index (χ3n) is 6.06. The number of ether oxygens (including phenoxy) is 2. The number of methoxy groups -OCH3 is 1. The number of halogens is 8. The van der Waals surface area contributed by atoms with Crippen LogP contribution in [0.5, 0.6) is 11.5 Å². The molecule has 0 spiro atoms. The summed E-state index contributed by atoms with van der Waals surface area (Å²) in [5, 5.41) is 0. The van der Waals surface area contributed by atoms with Gasteiger partial charge in [0.15, 0.2) is 0 Å². The molecule has 1 heterocycles. The Bertz CT molecular complexity index is 1300. The Hall–Kier alpha value is -2.99. The lowest BCUT2D eigenvalue weighted by Crippen LogP contribution is -2.17. The molecule has 1 unspecified atom stereocenters. The molecule has 0 fully saturated rings. The Morgan fingerprint density at radius 1 is 0.895 bits per heavy atom. The first kappa shape index (κ1) is 28.0. The molecule has 1 aliphatic rings. The number of aryl methyl sites for hydroxylation is 1. The summed E-state index contributed by atoms with van der Waals surface area (Å²) in [6, 6.07) is 8.22. The van der Waals surface area contributed by atoms with E-state index in [2.05, 4.69) is 0 Å². The Balaban J connectivity index is 1.61. The van der Waals surface area contributed by atoms with Crippen LogP contribution in [0.15, 0.2) is 41.3 Å². The molecule has 0 saturated heterocycles. The number of hydrogen-bond acceptors (Lipinski definition) is 4. The van der Waals surface area contributed by atoms with Gasteiger partial charge >= 0.3 is 6.18 Å². The molecule has 0 aliphatic carbocycles. The van der Waals surface area contributed by atoms with Crippen LogP contribution in [0, 0.1) is 29.1 Å². The van der Waals surface area contributed by atoms with Crippen LogP contribution < -0.4 is 8.92 Å². The van der Waals surface area contributed by atoms with E-state index < -0.39 is 46.6 Å². The Morgan fingerprint density at radius 3 is 2.21 bits per heavy atom. The maximum absolute atomic E-state index is 13.9. The largest absolute Gasteiger partial charge is 0.493 e. The quantitative estimate of drug-likeness (QED) is 0.0912. The highest BCUT2D eigenvalue weighted by Crippen LogP contribution is 2.43. The Labute approximate surface area is 216 Å². The van der Waals surface area contributed by atoms with Gasteiger partial charge in [-0.25, -0.2) is 13.2 Å². The summed E-state index contributed by atoms with van der Waals surface area (Å²) in [7, 11) is 1.51. The van der Waals surface area contributed by atoms with Crippen molar-refractivity contribution in [2.24, 2.45) is 0 Å². The molecule has 3 aromatic rings. The van der Waals surface area contributed by atoms with E-state index in [-0.39, 0.29) is 17.4 Å². The van der Waals surface area contributed by atoms with Crippen LogP contribution in [-0.2, 0) is 17.3 Å². The second-order valence-corrected chi connectivity index (χ2v) is 9.27. The smallest absolute Gasteiger partial charge is 0.416 e. The molecule has 4 rings (SSSR count). The summed E-state index contributed by atoms with van der Waals surface area (Å²) in [5.41, 5.74) is 1.15. The van der Waals surface area contributed by atoms with Crippen LogP contribution in [0.4, 0.5) is 35.1 Å². The molecule has 38 heavy (non-hydrogen) atoms. The van der Waals surface area contributed by atoms with Crippen LogP contribution in [-0.4, -0.2) is 20.3 Å². The van der Waals surface area contributed by atoms with E-state index in [1.54, 1.807) is 6.07 Å². The third kappa shape index (κ3) is 5.70. The monoisotopic (exact) mass is 564 g/mol. The number of alkyl halides is 3. The van der Waals surface area contributed by atoms with E-state index in [0.717, 1.165) is 12.1 Å². The lowest BCUT2D eigenvalue weighted by Gasteiger charge is -2.28. The molecule has 0 bridgehead atoms. The Kier molecular flexibility index (Phi) is 8.41. The third-order valence-corrected chi connectivity index (χ3v) is 6.75. The lowest BCUT2D eigenvalue weighted by atomic mass is 9.82. The molecule has 0 aromatic heterocycles. The van der Waals surface area contributed by atoms with Gasteiger partial charge in [-0.1, -0.05) is 12.1 Å². The topological polar surface area (TPSA) is 27.7 Å². The van der Waals surface area contributed by atoms with Crippen molar-refractivity contribution < 1.29 is 48.8 Å². The number of hydrogen-bond donors (Lipinski definition) is 0. The van der Waals surface area contributed by atoms with Gasteiger partial charge in [0.1, 0.15) is 5.75 Å². The van der Waals surface area contributed by atoms with Crippen molar-refractivity contribution in [2.75, 3.05) is 20.3 Å². The first-order valence-electron chi connectivity index (χ1n) is 11.3. The molecule has 1 aliphatic heterocycles. The fraction of sp³-hybridized carbons (Fsp3) is 0.308. The fourth-order valence-corrected chi connectivity index (χ4v) is 4.84. The predicted molar refractivity (Wildman–Crippen MR) is 123 cm³/mol. The molecule has 3 aromatic carbocycles. The average Bonchev–Trinajstić information content (AvgIpc) is 2.90. The van der Waals surface area contributed by atoms with Gasteiger partial charge in [-0.15, -0.1) is 0 Å². The minimum Gasteiger partial charge on any atom is -0.493 e. The first-order chi connectivity index (χ1) is 18.0. The molecule has 0 saturated carbocycles. The van der Waals surface area contributed by atoms with Crippen LogP contribution >= 0.6 is 12.0 Å². The second kappa shape index (κ2) is 11.4. The van der Waals surface area contributed by atoms with Crippen molar-refractivity contribution in [3.63, 3.8) is 0 Å². The second-order valence-electron chi connectivity index (χ2n) is 8.46. The van der Waals surface area contributed by atoms with Gasteiger partial charge in [0.05, 0.1) is 29.1 Å². The van der Waals surface area contributed by atoms with Crippen LogP contribution in [0.1, 0.15) is 41.0 Å². The first-order valence-corrected chi connectivity index (χ1v) is 12.1. The van der Waals surface area contributed by atoms with Crippen molar-refractivity contribution in [2.45, 2.75) is 36.3 Å². The standard InChI is InChI=1S/C26H20F8O3S/c1-35-9-2-3-13-11-14(26(32,33)34)4-6-16(13)17-8-10-36-19-12-15(5-7-18(17)19)38-37-25-23(30)21(28)20(27)22(29)24(25)31/h4-7,11-12,17H,2-3,8-10H2,1H3. The molecule has 12 heteroatoms. The molecular formula is C26H20F8O3S. The summed E-state index contributed by atoms with van der Waals surface area (Å²) >= 11 is 0.362. The zero-order valence-corrected chi connectivity index (χ0v) is 20.6. The van der Waals surface area contributed by atoms with Crippen molar-refractivity contribution in [3.8, 4) is 11.5 Å². The molecule has 0 radical (unpaired) electrons. The fourth-order valence-electron chi connectivity index (χ4n) is 4.24. The van der Waals surface area contributed by atoms with Crippen molar-refractivity contribution in [1.82, 2.24) is 0 Å². The van der Waals surface area contributed by atoms with Crippen molar-refractivity contribution in [3.05, 3.63) is 87.7 Å². The van der Waals surface area contributed by atoms with Crippen molar-refractivity contribution in [1.29, 1.82) is 0 Å². The summed E-state index contributed by atoms with van der Waals surface area (Å²) in [5.74, 6) is -12.1. The van der Waals surface area contributed by atoms with E-state index in [0.29, 0.717) is 60.4 Å². The van der Waals surface area contributed by atoms with Crippen LogP contribution in [0.2, 0.25) is 0 Å². The summed E-state index contributed by atoms with van der Waals surface area (Å²) < 4.78 is 124. The number of rotatable bonds is 8. The molecule has 0 amide bonds. The van der Waals surface area contributed by atoms with Gasteiger partial charge in [0.2, 0.25) is 34.8 Å². The van der Waals surface area contributed by atoms with Crippen molar-refractivity contribution >= 4 is 12.0 Å². The van der Waals surface area contributed by atoms with E-state index in [4.69, 9.17) is 13.7 Å². The van der Waals surface area contributed by atoms with Gasteiger partial charge in [0, 0.05) is 25.2 Å². The van der Waals surface area contributed by atoms with E-state index in [1.807, 2.05) is 0 Å². The highest BCUT2D eigenvalue weighted by molar-refractivity contribution is 7.95. The highest BCUT2D eigenvalue weighted by atomic mass is 32.2. The summed E-state index contributed by atoms with van der Waals surface area (Å²) in [6.45, 7) is 0.618. The van der Waals surface area contributed by atoms with Gasteiger partial charge in [0.25, 0.3) is 0 Å². The van der Waals surface area contributed by atoms with E-state index >= 15 is 0 Å². The lowest BCUT2D eigenvalue weighted by molar-refractivity contribution is -0.137. The van der Waals surface area contributed by atoms with Gasteiger partial charge < -0.3 is 13.7 Å². The zero-order chi connectivity index (χ0) is 27.6. The molecule has 0 N–H and O–H groups in total. The summed E-state index contributed by atoms with van der Waals surface area (Å²) in [4.78, 5) is 0.237. The molecular weight excluding hydrogens is 544 g/mol. The molecule has 1 atom stereocenters. The SMILES string of the molecule is COCCCc1cc(C(F)(F)F)ccc1C1CCOc2cc(SOc3c(F)c(F)c(F)c(F)c3F)ccc21. The molecule has 204 valence electrons. The predicted octanol–water partition coefficient (Wildman–Crippen LogP) is 7.98. The normalized spacial score (nSPS) is 15.2. The van der Waals surface area contributed by atoms with Gasteiger partial charge in [-0.3, -0.25) is 0 Å². The van der Waals surface area contributed by atoms with Gasteiger partial charge in [-0.05, 0) is 54.7 Å². The zero-order valence-electron chi connectivity index (χ0n) is 19.7. The van der Waals surface area contributed by atoms with Gasteiger partial charge in [-0.2, -0.15) is 22.0 Å². The Morgan fingerprint density at radius 2 is 1.55 bits per heavy atom. The van der Waals surface area contributed by atoms with E-state index in [9.17, 15) is 35.1 Å². The molecule has 3 nitrogen and oxygen atoms in total. The van der Waals surface area contributed by atoms with Crippen LogP contribution in [0.25, 0.3) is 0 Å². The maximum Gasteiger partial charge on any atom is 0.416 e. The van der Waals surface area contributed by atoms with Crippen LogP contribution in [0.3, 0.4) is 0 Å². The average molecular weight is 564 g/mol. The number of benzene rings is 3. The number of fused-ring (bicyclic) bond motifs is 1. The highest BCUT2D eigenvalue weighted by Gasteiger charge is 2.33.